The molecule has 4 nitrogen and oxygen atoms in total. The Bertz CT molecular complexity index is 362. The molecule has 0 atom stereocenters. The molecule has 0 saturated heterocycles. The van der Waals surface area contributed by atoms with Crippen LogP contribution in [-0.2, 0) is 13.6 Å². The van der Waals surface area contributed by atoms with Gasteiger partial charge in [0, 0.05) is 38.1 Å². The van der Waals surface area contributed by atoms with E-state index in [9.17, 15) is 4.79 Å². The van der Waals surface area contributed by atoms with Crippen LogP contribution in [0.1, 0.15) is 27.2 Å². The molecule has 0 aromatic carbocycles. The quantitative estimate of drug-likeness (QED) is 0.788. The van der Waals surface area contributed by atoms with Crippen molar-refractivity contribution in [2.45, 2.75) is 39.3 Å². The Morgan fingerprint density at radius 2 is 2.07 bits per heavy atom. The largest absolute Gasteiger partial charge is 0.327 e. The molecular formula is C11H21N3O. The molecule has 1 aromatic heterocycles. The van der Waals surface area contributed by atoms with E-state index in [4.69, 9.17) is 0 Å². The fourth-order valence-electron chi connectivity index (χ4n) is 1.32. The highest BCUT2D eigenvalue weighted by atomic mass is 16.1. The second kappa shape index (κ2) is 4.66. The van der Waals surface area contributed by atoms with Gasteiger partial charge in [0.25, 0.3) is 0 Å². The third-order valence-electron chi connectivity index (χ3n) is 2.86. The van der Waals surface area contributed by atoms with Crippen LogP contribution in [0, 0.1) is 0 Å². The van der Waals surface area contributed by atoms with E-state index < -0.39 is 0 Å². The molecule has 0 aliphatic rings. The summed E-state index contributed by atoms with van der Waals surface area (Å²) < 4.78 is 3.31. The first-order chi connectivity index (χ1) is 6.96. The first kappa shape index (κ1) is 12.0. The lowest BCUT2D eigenvalue weighted by Gasteiger charge is -2.24. The lowest BCUT2D eigenvalue weighted by Crippen LogP contribution is -2.41. The molecule has 1 rings (SSSR count). The Labute approximate surface area is 90.9 Å². The molecule has 0 bridgehead atoms. The standard InChI is InChI=1S/C11H21N3O/c1-5-11(2,3)12-6-7-14-9-8-13(4)10(14)15/h8-9,12H,5-7H2,1-4H3. The van der Waals surface area contributed by atoms with E-state index in [1.54, 1.807) is 22.4 Å². The van der Waals surface area contributed by atoms with Crippen LogP contribution >= 0.6 is 0 Å². The average molecular weight is 211 g/mol. The molecule has 0 aliphatic heterocycles. The van der Waals surface area contributed by atoms with E-state index in [0.717, 1.165) is 19.5 Å². The smallest absolute Gasteiger partial charge is 0.310 e. The molecule has 86 valence electrons. The minimum atomic E-state index is 0.0473. The Morgan fingerprint density at radius 1 is 1.40 bits per heavy atom. The summed E-state index contributed by atoms with van der Waals surface area (Å²) in [6.45, 7) is 8.04. The maximum absolute atomic E-state index is 11.5. The fraction of sp³-hybridized carbons (Fsp3) is 0.727. The van der Waals surface area contributed by atoms with Crippen LogP contribution in [-0.4, -0.2) is 21.2 Å². The third kappa shape index (κ3) is 3.23. The van der Waals surface area contributed by atoms with Crippen molar-refractivity contribution in [3.63, 3.8) is 0 Å². The zero-order chi connectivity index (χ0) is 11.5. The van der Waals surface area contributed by atoms with Crippen molar-refractivity contribution in [3.05, 3.63) is 22.9 Å². The zero-order valence-corrected chi connectivity index (χ0v) is 10.1. The number of hydrogen-bond acceptors (Lipinski definition) is 2. The second-order valence-electron chi connectivity index (χ2n) is 4.55. The van der Waals surface area contributed by atoms with Gasteiger partial charge in [-0.2, -0.15) is 0 Å². The van der Waals surface area contributed by atoms with Crippen molar-refractivity contribution in [3.8, 4) is 0 Å². The molecule has 0 aliphatic carbocycles. The number of hydrogen-bond donors (Lipinski definition) is 1. The summed E-state index contributed by atoms with van der Waals surface area (Å²) >= 11 is 0. The average Bonchev–Trinajstić information content (AvgIpc) is 2.49. The van der Waals surface area contributed by atoms with E-state index in [0.29, 0.717) is 0 Å². The van der Waals surface area contributed by atoms with Gasteiger partial charge in [-0.1, -0.05) is 6.92 Å². The minimum absolute atomic E-state index is 0.0473. The van der Waals surface area contributed by atoms with Crippen molar-refractivity contribution in [1.82, 2.24) is 14.5 Å². The summed E-state index contributed by atoms with van der Waals surface area (Å²) in [5, 5.41) is 3.42. The van der Waals surface area contributed by atoms with Gasteiger partial charge < -0.3 is 9.88 Å². The third-order valence-corrected chi connectivity index (χ3v) is 2.86. The van der Waals surface area contributed by atoms with Gasteiger partial charge in [0.15, 0.2) is 0 Å². The minimum Gasteiger partial charge on any atom is -0.310 e. The topological polar surface area (TPSA) is 39.0 Å². The van der Waals surface area contributed by atoms with Gasteiger partial charge in [0.2, 0.25) is 0 Å². The Kier molecular flexibility index (Phi) is 3.74. The lowest BCUT2D eigenvalue weighted by atomic mass is 10.0. The van der Waals surface area contributed by atoms with Gasteiger partial charge >= 0.3 is 5.69 Å². The summed E-state index contributed by atoms with van der Waals surface area (Å²) in [4.78, 5) is 11.5. The molecule has 1 heterocycles. The predicted octanol–water partition coefficient (Wildman–Crippen LogP) is 0.965. The number of rotatable bonds is 5. The number of nitrogens with zero attached hydrogens (tertiary/aromatic N) is 2. The summed E-state index contributed by atoms with van der Waals surface area (Å²) in [6.07, 6.45) is 4.69. The molecule has 0 radical (unpaired) electrons. The molecular weight excluding hydrogens is 190 g/mol. The van der Waals surface area contributed by atoms with Gasteiger partial charge in [-0.05, 0) is 20.3 Å². The highest BCUT2D eigenvalue weighted by molar-refractivity contribution is 4.81. The number of aryl methyl sites for hydroxylation is 1. The van der Waals surface area contributed by atoms with Crippen LogP contribution in [0.15, 0.2) is 17.2 Å². The summed E-state index contributed by atoms with van der Waals surface area (Å²) in [6, 6.07) is 0. The van der Waals surface area contributed by atoms with Crippen molar-refractivity contribution < 1.29 is 0 Å². The van der Waals surface area contributed by atoms with Gasteiger partial charge in [-0.15, -0.1) is 0 Å². The van der Waals surface area contributed by atoms with Crippen LogP contribution in [0.4, 0.5) is 0 Å². The number of aromatic nitrogens is 2. The Balaban J connectivity index is 2.45. The number of imidazole rings is 1. The van der Waals surface area contributed by atoms with E-state index in [2.05, 4.69) is 26.1 Å². The summed E-state index contributed by atoms with van der Waals surface area (Å²) in [5.74, 6) is 0. The monoisotopic (exact) mass is 211 g/mol. The maximum Gasteiger partial charge on any atom is 0.327 e. The molecule has 0 saturated carbocycles. The number of nitrogens with one attached hydrogen (secondary N) is 1. The summed E-state index contributed by atoms with van der Waals surface area (Å²) in [7, 11) is 1.77. The molecule has 1 aromatic rings. The van der Waals surface area contributed by atoms with Crippen LogP contribution in [0.5, 0.6) is 0 Å². The van der Waals surface area contributed by atoms with Crippen LogP contribution in [0.25, 0.3) is 0 Å². The zero-order valence-electron chi connectivity index (χ0n) is 10.1. The molecule has 0 fully saturated rings. The predicted molar refractivity (Wildman–Crippen MR) is 62.0 cm³/mol. The second-order valence-corrected chi connectivity index (χ2v) is 4.55. The SMILES string of the molecule is CCC(C)(C)NCCn1ccn(C)c1=O. The van der Waals surface area contributed by atoms with Crippen LogP contribution in [0.2, 0.25) is 0 Å². The van der Waals surface area contributed by atoms with Crippen molar-refractivity contribution in [1.29, 1.82) is 0 Å². The molecule has 15 heavy (non-hydrogen) atoms. The highest BCUT2D eigenvalue weighted by Gasteiger charge is 2.12. The Morgan fingerprint density at radius 3 is 2.53 bits per heavy atom. The van der Waals surface area contributed by atoms with Gasteiger partial charge in [-0.3, -0.25) is 4.57 Å². The first-order valence-electron chi connectivity index (χ1n) is 5.43. The highest BCUT2D eigenvalue weighted by Crippen LogP contribution is 2.05. The maximum atomic E-state index is 11.5. The molecule has 4 heteroatoms. The van der Waals surface area contributed by atoms with E-state index in [-0.39, 0.29) is 11.2 Å². The molecule has 1 N–H and O–H groups in total. The van der Waals surface area contributed by atoms with Crippen molar-refractivity contribution >= 4 is 0 Å². The van der Waals surface area contributed by atoms with Crippen LogP contribution in [0.3, 0.4) is 0 Å². The molecule has 0 unspecified atom stereocenters. The van der Waals surface area contributed by atoms with Gasteiger partial charge in [-0.25, -0.2) is 4.79 Å². The lowest BCUT2D eigenvalue weighted by molar-refractivity contribution is 0.366. The summed E-state index contributed by atoms with van der Waals surface area (Å²) in [5.41, 5.74) is 0.198. The fourth-order valence-corrected chi connectivity index (χ4v) is 1.32. The van der Waals surface area contributed by atoms with Gasteiger partial charge in [0.05, 0.1) is 0 Å². The van der Waals surface area contributed by atoms with E-state index in [1.807, 2.05) is 6.20 Å². The van der Waals surface area contributed by atoms with Crippen molar-refractivity contribution in [2.75, 3.05) is 6.54 Å². The van der Waals surface area contributed by atoms with E-state index in [1.165, 1.54) is 0 Å². The Hall–Kier alpha value is -1.03. The van der Waals surface area contributed by atoms with Crippen LogP contribution < -0.4 is 11.0 Å². The first-order valence-corrected chi connectivity index (χ1v) is 5.43. The molecule has 0 spiro atoms. The van der Waals surface area contributed by atoms with Crippen molar-refractivity contribution in [2.24, 2.45) is 7.05 Å². The molecule has 0 amide bonds. The van der Waals surface area contributed by atoms with Gasteiger partial charge in [0.1, 0.15) is 0 Å². The normalized spacial score (nSPS) is 12.0. The van der Waals surface area contributed by atoms with E-state index >= 15 is 0 Å².